The number of hydrogen-bond acceptors (Lipinski definition) is 4. The van der Waals surface area contributed by atoms with Crippen LogP contribution in [0.1, 0.15) is 18.9 Å². The molecule has 2 amide bonds. The molecule has 2 aliphatic rings. The topological polar surface area (TPSA) is 61.9 Å². The highest BCUT2D eigenvalue weighted by Gasteiger charge is 2.51. The maximum absolute atomic E-state index is 12.4. The van der Waals surface area contributed by atoms with Crippen LogP contribution in [-0.2, 0) is 19.7 Å². The third-order valence-corrected chi connectivity index (χ3v) is 4.89. The predicted molar refractivity (Wildman–Crippen MR) is 92.1 cm³/mol. The summed E-state index contributed by atoms with van der Waals surface area (Å²) >= 11 is 0. The number of carbonyl (C=O) groups is 2. The van der Waals surface area contributed by atoms with Crippen LogP contribution in [0.5, 0.6) is 0 Å². The molecule has 0 radical (unpaired) electrons. The van der Waals surface area contributed by atoms with E-state index in [0.29, 0.717) is 26.1 Å². The first-order valence-corrected chi connectivity index (χ1v) is 8.35. The molecule has 24 heavy (non-hydrogen) atoms. The molecule has 130 valence electrons. The number of nitrogens with zero attached hydrogens (tertiary/aromatic N) is 2. The predicted octanol–water partition coefficient (Wildman–Crippen LogP) is 0.758. The third-order valence-electron chi connectivity index (χ3n) is 4.89. The quantitative estimate of drug-likeness (QED) is 0.885. The minimum absolute atomic E-state index is 0.0261. The van der Waals surface area contributed by atoms with Gasteiger partial charge in [0.25, 0.3) is 0 Å². The van der Waals surface area contributed by atoms with Gasteiger partial charge in [-0.25, -0.2) is 0 Å². The van der Waals surface area contributed by atoms with Gasteiger partial charge in [0.1, 0.15) is 6.10 Å². The lowest BCUT2D eigenvalue weighted by atomic mass is 9.80. The summed E-state index contributed by atoms with van der Waals surface area (Å²) in [5.41, 5.74) is 1.79. The van der Waals surface area contributed by atoms with Gasteiger partial charge in [-0.15, -0.1) is 0 Å². The largest absolute Gasteiger partial charge is 0.367 e. The number of nitrogens with one attached hydrogen (secondary N) is 1. The lowest BCUT2D eigenvalue weighted by Gasteiger charge is -2.22. The molecule has 6 nitrogen and oxygen atoms in total. The molecule has 6 heteroatoms. The van der Waals surface area contributed by atoms with Gasteiger partial charge in [-0.05, 0) is 32.1 Å². The Morgan fingerprint density at radius 3 is 2.83 bits per heavy atom. The minimum atomic E-state index is -0.452. The molecule has 0 saturated carbocycles. The van der Waals surface area contributed by atoms with Crippen molar-refractivity contribution < 1.29 is 14.3 Å². The fraction of sp³-hybridized carbons (Fsp3) is 0.556. The number of ether oxygens (including phenoxy) is 1. The monoisotopic (exact) mass is 331 g/mol. The van der Waals surface area contributed by atoms with Crippen molar-refractivity contribution in [1.29, 1.82) is 0 Å². The minimum Gasteiger partial charge on any atom is -0.367 e. The smallest absolute Gasteiger partial charge is 0.249 e. The summed E-state index contributed by atoms with van der Waals surface area (Å²) in [6.07, 6.45) is 0.161. The first-order valence-electron chi connectivity index (χ1n) is 8.35. The summed E-state index contributed by atoms with van der Waals surface area (Å²) in [5.74, 6) is -0.0364. The van der Waals surface area contributed by atoms with Gasteiger partial charge in [0.2, 0.25) is 11.8 Å². The normalized spacial score (nSPS) is 25.3. The lowest BCUT2D eigenvalue weighted by Crippen LogP contribution is -2.40. The maximum Gasteiger partial charge on any atom is 0.249 e. The highest BCUT2D eigenvalue weighted by Crippen LogP contribution is 2.47. The van der Waals surface area contributed by atoms with Crippen molar-refractivity contribution in [3.05, 3.63) is 29.8 Å². The molecule has 1 aromatic carbocycles. The molecule has 1 N–H and O–H groups in total. The molecular weight excluding hydrogens is 306 g/mol. The number of carbonyl (C=O) groups excluding carboxylic acids is 2. The van der Waals surface area contributed by atoms with Gasteiger partial charge >= 0.3 is 0 Å². The van der Waals surface area contributed by atoms with Crippen LogP contribution in [-0.4, -0.2) is 63.2 Å². The standard InChI is InChI=1S/C18H25N3O3/c1-13(22)21-11-18(14-6-4-5-7-15(14)21)10-16(24-12-18)17(23)19-8-9-20(2)3/h4-7,16H,8-12H2,1-3H3,(H,19,23). The molecule has 1 aromatic rings. The third kappa shape index (κ3) is 3.03. The second-order valence-corrected chi connectivity index (χ2v) is 7.00. The number of amides is 2. The van der Waals surface area contributed by atoms with E-state index in [-0.39, 0.29) is 17.2 Å². The Morgan fingerprint density at radius 2 is 2.12 bits per heavy atom. The molecule has 0 aromatic heterocycles. The molecule has 2 atom stereocenters. The Morgan fingerprint density at radius 1 is 1.38 bits per heavy atom. The molecule has 3 rings (SSSR count). The molecular formula is C18H25N3O3. The number of benzene rings is 1. The zero-order valence-corrected chi connectivity index (χ0v) is 14.5. The van der Waals surface area contributed by atoms with Crippen molar-refractivity contribution in [2.45, 2.75) is 24.9 Å². The van der Waals surface area contributed by atoms with Gasteiger partial charge in [-0.3, -0.25) is 9.59 Å². The number of hydrogen-bond donors (Lipinski definition) is 1. The molecule has 2 unspecified atom stereocenters. The average Bonchev–Trinajstić information content (AvgIpc) is 3.11. The number of likely N-dealkylation sites (N-methyl/N-ethyl adjacent to an activating group) is 1. The molecule has 2 heterocycles. The molecule has 0 bridgehead atoms. The Kier molecular flexibility index (Phi) is 4.60. The van der Waals surface area contributed by atoms with Gasteiger partial charge in [-0.2, -0.15) is 0 Å². The summed E-state index contributed by atoms with van der Waals surface area (Å²) in [4.78, 5) is 28.1. The second kappa shape index (κ2) is 6.53. The molecule has 1 saturated heterocycles. The summed E-state index contributed by atoms with van der Waals surface area (Å²) in [5, 5.41) is 2.93. The average molecular weight is 331 g/mol. The second-order valence-electron chi connectivity index (χ2n) is 7.00. The Labute approximate surface area is 142 Å². The van der Waals surface area contributed by atoms with E-state index in [4.69, 9.17) is 4.74 Å². The summed E-state index contributed by atoms with van der Waals surface area (Å²) in [6.45, 7) is 4.04. The fourth-order valence-electron chi connectivity index (χ4n) is 3.63. The van der Waals surface area contributed by atoms with E-state index >= 15 is 0 Å². The van der Waals surface area contributed by atoms with Crippen molar-refractivity contribution in [2.75, 3.05) is 45.2 Å². The van der Waals surface area contributed by atoms with Crippen molar-refractivity contribution >= 4 is 17.5 Å². The van der Waals surface area contributed by atoms with Crippen LogP contribution in [0.2, 0.25) is 0 Å². The van der Waals surface area contributed by atoms with E-state index in [0.717, 1.165) is 17.8 Å². The van der Waals surface area contributed by atoms with Crippen molar-refractivity contribution in [3.8, 4) is 0 Å². The van der Waals surface area contributed by atoms with Crippen LogP contribution >= 0.6 is 0 Å². The van der Waals surface area contributed by atoms with Gasteiger partial charge < -0.3 is 19.9 Å². The molecule has 1 spiro atoms. The van der Waals surface area contributed by atoms with Crippen LogP contribution in [0, 0.1) is 0 Å². The number of fused-ring (bicyclic) bond motifs is 2. The van der Waals surface area contributed by atoms with E-state index in [1.807, 2.05) is 43.3 Å². The first-order chi connectivity index (χ1) is 11.4. The first kappa shape index (κ1) is 16.9. The summed E-state index contributed by atoms with van der Waals surface area (Å²) in [7, 11) is 3.94. The van der Waals surface area contributed by atoms with E-state index in [1.165, 1.54) is 0 Å². The van der Waals surface area contributed by atoms with Gasteiger partial charge in [0.15, 0.2) is 0 Å². The van der Waals surface area contributed by atoms with E-state index in [9.17, 15) is 9.59 Å². The number of rotatable bonds is 4. The lowest BCUT2D eigenvalue weighted by molar-refractivity contribution is -0.130. The van der Waals surface area contributed by atoms with Crippen molar-refractivity contribution in [3.63, 3.8) is 0 Å². The fourth-order valence-corrected chi connectivity index (χ4v) is 3.63. The maximum atomic E-state index is 12.4. The van der Waals surface area contributed by atoms with Gasteiger partial charge in [-0.1, -0.05) is 18.2 Å². The highest BCUT2D eigenvalue weighted by atomic mass is 16.5. The molecule has 1 fully saturated rings. The molecule has 0 aliphatic carbocycles. The SMILES string of the molecule is CC(=O)N1CC2(COC(C(=O)NCCN(C)C)C2)c2ccccc21. The van der Waals surface area contributed by atoms with Gasteiger partial charge in [0.05, 0.1) is 6.61 Å². The zero-order chi connectivity index (χ0) is 17.3. The Bertz CT molecular complexity index is 646. The highest BCUT2D eigenvalue weighted by molar-refractivity contribution is 5.95. The Balaban J connectivity index is 1.72. The van der Waals surface area contributed by atoms with Crippen LogP contribution < -0.4 is 10.2 Å². The summed E-state index contributed by atoms with van der Waals surface area (Å²) < 4.78 is 5.83. The van der Waals surface area contributed by atoms with Crippen LogP contribution in [0.15, 0.2) is 24.3 Å². The van der Waals surface area contributed by atoms with Crippen molar-refractivity contribution in [2.24, 2.45) is 0 Å². The van der Waals surface area contributed by atoms with Crippen LogP contribution in [0.3, 0.4) is 0 Å². The van der Waals surface area contributed by atoms with E-state index in [2.05, 4.69) is 5.32 Å². The Hall–Kier alpha value is -1.92. The number of para-hydroxylation sites is 1. The van der Waals surface area contributed by atoms with Crippen LogP contribution in [0.4, 0.5) is 5.69 Å². The molecule has 2 aliphatic heterocycles. The van der Waals surface area contributed by atoms with E-state index in [1.54, 1.807) is 11.8 Å². The van der Waals surface area contributed by atoms with Gasteiger partial charge in [0, 0.05) is 37.7 Å². The van der Waals surface area contributed by atoms with E-state index < -0.39 is 6.10 Å². The summed E-state index contributed by atoms with van der Waals surface area (Å²) in [6, 6.07) is 7.94. The zero-order valence-electron chi connectivity index (χ0n) is 14.5. The van der Waals surface area contributed by atoms with Crippen LogP contribution in [0.25, 0.3) is 0 Å². The van der Waals surface area contributed by atoms with Crippen molar-refractivity contribution in [1.82, 2.24) is 10.2 Å². The number of anilines is 1.